The Kier molecular flexibility index (Phi) is 2.62. The molecule has 0 aliphatic heterocycles. The molecule has 1 aromatic heterocycles. The Morgan fingerprint density at radius 1 is 1.25 bits per heavy atom. The van der Waals surface area contributed by atoms with Gasteiger partial charge in [0.1, 0.15) is 11.0 Å². The van der Waals surface area contributed by atoms with Gasteiger partial charge in [0.05, 0.1) is 5.69 Å². The average molecular weight is 241 g/mol. The lowest BCUT2D eigenvalue weighted by Gasteiger charge is -2.04. The van der Waals surface area contributed by atoms with E-state index >= 15 is 0 Å². The van der Waals surface area contributed by atoms with Crippen molar-refractivity contribution < 1.29 is 4.39 Å². The highest BCUT2D eigenvalue weighted by Crippen LogP contribution is 2.08. The molecule has 0 aliphatic carbocycles. The van der Waals surface area contributed by atoms with Crippen molar-refractivity contribution in [1.82, 2.24) is 9.55 Å². The number of rotatable bonds is 1. The van der Waals surface area contributed by atoms with Crippen LogP contribution in [-0.2, 0) is 0 Å². The first kappa shape index (κ1) is 10.6. The number of hydrogen-bond donors (Lipinski definition) is 1. The molecule has 0 unspecified atom stereocenters. The summed E-state index contributed by atoms with van der Waals surface area (Å²) in [5.74, 6) is -0.655. The van der Waals surface area contributed by atoms with Crippen LogP contribution in [0, 0.1) is 5.82 Å². The van der Waals surface area contributed by atoms with Crippen LogP contribution in [0.15, 0.2) is 39.9 Å². The quantitative estimate of drug-likeness (QED) is 0.765. The molecule has 6 heteroatoms. The van der Waals surface area contributed by atoms with Crippen molar-refractivity contribution in [2.45, 2.75) is 0 Å². The minimum Gasteiger partial charge on any atom is -0.297 e. The molecule has 0 saturated carbocycles. The number of aromatic amines is 1. The van der Waals surface area contributed by atoms with Gasteiger partial charge in [-0.2, -0.15) is 0 Å². The van der Waals surface area contributed by atoms with E-state index in [9.17, 15) is 14.0 Å². The summed E-state index contributed by atoms with van der Waals surface area (Å²) < 4.78 is 14.1. The summed E-state index contributed by atoms with van der Waals surface area (Å²) >= 11 is 5.49. The standard InChI is InChI=1S/C10H6ClFN2O2/c11-8-5-9(15)14(10(16)13-8)7-4-2-1-3-6(7)12/h1-5H,(H,13,16). The van der Waals surface area contributed by atoms with E-state index in [4.69, 9.17) is 11.6 Å². The van der Waals surface area contributed by atoms with Gasteiger partial charge < -0.3 is 0 Å². The van der Waals surface area contributed by atoms with E-state index < -0.39 is 17.1 Å². The summed E-state index contributed by atoms with van der Waals surface area (Å²) in [4.78, 5) is 25.2. The third-order valence-corrected chi connectivity index (χ3v) is 2.20. The van der Waals surface area contributed by atoms with Gasteiger partial charge in [-0.25, -0.2) is 13.8 Å². The van der Waals surface area contributed by atoms with E-state index in [0.29, 0.717) is 4.57 Å². The maximum atomic E-state index is 13.4. The molecule has 0 atom stereocenters. The Bertz CT molecular complexity index is 617. The van der Waals surface area contributed by atoms with Crippen molar-refractivity contribution in [3.05, 3.63) is 62.1 Å². The van der Waals surface area contributed by atoms with Crippen LogP contribution in [0.3, 0.4) is 0 Å². The van der Waals surface area contributed by atoms with Gasteiger partial charge in [-0.05, 0) is 12.1 Å². The molecule has 0 fully saturated rings. The van der Waals surface area contributed by atoms with Crippen LogP contribution in [0.2, 0.25) is 5.15 Å². The molecule has 0 amide bonds. The lowest BCUT2D eigenvalue weighted by molar-refractivity contribution is 0.612. The van der Waals surface area contributed by atoms with Gasteiger partial charge in [-0.3, -0.25) is 9.78 Å². The van der Waals surface area contributed by atoms with E-state index in [1.54, 1.807) is 0 Å². The molecular weight excluding hydrogens is 235 g/mol. The number of nitrogens with zero attached hydrogens (tertiary/aromatic N) is 1. The second kappa shape index (κ2) is 3.94. The van der Waals surface area contributed by atoms with Gasteiger partial charge in [0.25, 0.3) is 5.56 Å². The fourth-order valence-corrected chi connectivity index (χ4v) is 1.50. The smallest absolute Gasteiger partial charge is 0.297 e. The highest BCUT2D eigenvalue weighted by molar-refractivity contribution is 6.29. The Balaban J connectivity index is 2.81. The van der Waals surface area contributed by atoms with Crippen LogP contribution in [0.5, 0.6) is 0 Å². The zero-order chi connectivity index (χ0) is 11.7. The van der Waals surface area contributed by atoms with Crippen LogP contribution < -0.4 is 11.2 Å². The monoisotopic (exact) mass is 240 g/mol. The van der Waals surface area contributed by atoms with E-state index in [-0.39, 0.29) is 10.8 Å². The summed E-state index contributed by atoms with van der Waals surface area (Å²) in [7, 11) is 0. The van der Waals surface area contributed by atoms with E-state index in [1.165, 1.54) is 18.2 Å². The highest BCUT2D eigenvalue weighted by Gasteiger charge is 2.09. The first-order valence-corrected chi connectivity index (χ1v) is 4.74. The summed E-state index contributed by atoms with van der Waals surface area (Å²) in [5, 5.41) is -0.0809. The van der Waals surface area contributed by atoms with E-state index in [0.717, 1.165) is 12.1 Å². The molecular formula is C10H6ClFN2O2. The Morgan fingerprint density at radius 2 is 1.94 bits per heavy atom. The van der Waals surface area contributed by atoms with Crippen LogP contribution in [0.25, 0.3) is 5.69 Å². The maximum absolute atomic E-state index is 13.4. The molecule has 16 heavy (non-hydrogen) atoms. The largest absolute Gasteiger partial charge is 0.334 e. The van der Waals surface area contributed by atoms with Crippen LogP contribution in [0.4, 0.5) is 4.39 Å². The number of aromatic nitrogens is 2. The van der Waals surface area contributed by atoms with Gasteiger partial charge in [0.15, 0.2) is 0 Å². The molecule has 2 rings (SSSR count). The van der Waals surface area contributed by atoms with Crippen molar-refractivity contribution in [2.75, 3.05) is 0 Å². The Hall–Kier alpha value is -1.88. The molecule has 1 aromatic carbocycles. The average Bonchev–Trinajstić information content (AvgIpc) is 2.19. The van der Waals surface area contributed by atoms with E-state index in [2.05, 4.69) is 4.98 Å². The van der Waals surface area contributed by atoms with Gasteiger partial charge in [0.2, 0.25) is 0 Å². The summed E-state index contributed by atoms with van der Waals surface area (Å²) in [5.41, 5.74) is -1.56. The zero-order valence-electron chi connectivity index (χ0n) is 7.91. The molecule has 0 radical (unpaired) electrons. The van der Waals surface area contributed by atoms with Crippen LogP contribution >= 0.6 is 11.6 Å². The van der Waals surface area contributed by atoms with Gasteiger partial charge >= 0.3 is 5.69 Å². The minimum absolute atomic E-state index is 0.0809. The number of nitrogens with one attached hydrogen (secondary N) is 1. The Labute approximate surface area is 93.9 Å². The molecule has 0 spiro atoms. The molecule has 0 aliphatic rings. The lowest BCUT2D eigenvalue weighted by Crippen LogP contribution is -2.33. The molecule has 4 nitrogen and oxygen atoms in total. The summed E-state index contributed by atoms with van der Waals surface area (Å²) in [6, 6.07) is 6.50. The first-order chi connectivity index (χ1) is 7.59. The summed E-state index contributed by atoms with van der Waals surface area (Å²) in [6.07, 6.45) is 0. The molecule has 82 valence electrons. The van der Waals surface area contributed by atoms with Crippen molar-refractivity contribution in [3.8, 4) is 5.69 Å². The third-order valence-electron chi connectivity index (χ3n) is 1.99. The topological polar surface area (TPSA) is 54.9 Å². The Morgan fingerprint density at radius 3 is 2.56 bits per heavy atom. The normalized spacial score (nSPS) is 10.4. The second-order valence-corrected chi connectivity index (χ2v) is 3.45. The lowest BCUT2D eigenvalue weighted by atomic mass is 10.3. The fourth-order valence-electron chi connectivity index (χ4n) is 1.33. The maximum Gasteiger partial charge on any atom is 0.334 e. The fraction of sp³-hybridized carbons (Fsp3) is 0. The number of benzene rings is 1. The molecule has 2 aromatic rings. The van der Waals surface area contributed by atoms with Gasteiger partial charge in [0, 0.05) is 6.07 Å². The molecule has 0 bridgehead atoms. The van der Waals surface area contributed by atoms with Crippen molar-refractivity contribution in [3.63, 3.8) is 0 Å². The van der Waals surface area contributed by atoms with Crippen molar-refractivity contribution in [2.24, 2.45) is 0 Å². The number of H-pyrrole nitrogens is 1. The van der Waals surface area contributed by atoms with Crippen molar-refractivity contribution in [1.29, 1.82) is 0 Å². The molecule has 0 saturated heterocycles. The van der Waals surface area contributed by atoms with Gasteiger partial charge in [-0.15, -0.1) is 0 Å². The zero-order valence-corrected chi connectivity index (χ0v) is 8.66. The first-order valence-electron chi connectivity index (χ1n) is 4.36. The van der Waals surface area contributed by atoms with Crippen LogP contribution in [0.1, 0.15) is 0 Å². The molecule has 1 heterocycles. The highest BCUT2D eigenvalue weighted by atomic mass is 35.5. The minimum atomic E-state index is -0.775. The third kappa shape index (κ3) is 1.77. The molecule has 1 N–H and O–H groups in total. The predicted molar refractivity (Wildman–Crippen MR) is 57.6 cm³/mol. The van der Waals surface area contributed by atoms with Crippen molar-refractivity contribution >= 4 is 11.6 Å². The second-order valence-electron chi connectivity index (χ2n) is 3.05. The summed E-state index contributed by atoms with van der Waals surface area (Å²) in [6.45, 7) is 0. The number of para-hydroxylation sites is 1. The number of halogens is 2. The van der Waals surface area contributed by atoms with Gasteiger partial charge in [-0.1, -0.05) is 23.7 Å². The predicted octanol–water partition coefficient (Wildman–Crippen LogP) is 1.32. The van der Waals surface area contributed by atoms with Crippen LogP contribution in [-0.4, -0.2) is 9.55 Å². The number of hydrogen-bond acceptors (Lipinski definition) is 2. The SMILES string of the molecule is O=c1cc(Cl)[nH]c(=O)n1-c1ccccc1F. The van der Waals surface area contributed by atoms with E-state index in [1.807, 2.05) is 0 Å².